The Hall–Kier alpha value is -2.28. The predicted octanol–water partition coefficient (Wildman–Crippen LogP) is 6.67. The number of benzene rings is 2. The molecule has 0 saturated heterocycles. The molecule has 3 unspecified atom stereocenters. The lowest BCUT2D eigenvalue weighted by atomic mass is 9.77. The highest BCUT2D eigenvalue weighted by Gasteiger charge is 2.43. The van der Waals surface area contributed by atoms with E-state index in [4.69, 9.17) is 0 Å². The second-order valence-corrected chi connectivity index (χ2v) is 7.20. The van der Waals surface area contributed by atoms with Crippen LogP contribution in [0.25, 0.3) is 10.8 Å². The fourth-order valence-corrected chi connectivity index (χ4v) is 3.57. The molecule has 0 heterocycles. The average molecular weight is 374 g/mol. The van der Waals surface area contributed by atoms with E-state index in [0.29, 0.717) is 22.8 Å². The smallest absolute Gasteiger partial charge is 0.202 e. The van der Waals surface area contributed by atoms with Gasteiger partial charge in [0, 0.05) is 5.56 Å². The molecule has 0 bridgehead atoms. The Morgan fingerprint density at radius 3 is 2.59 bits per heavy atom. The predicted molar refractivity (Wildman–Crippen MR) is 101 cm³/mol. The Morgan fingerprint density at radius 1 is 1.15 bits per heavy atom. The minimum Gasteiger partial charge on any atom is -0.243 e. The number of alkyl halides is 2. The van der Waals surface area contributed by atoms with E-state index in [1.807, 2.05) is 19.1 Å². The van der Waals surface area contributed by atoms with Gasteiger partial charge in [-0.1, -0.05) is 30.1 Å². The first-order chi connectivity index (χ1) is 12.9. The van der Waals surface area contributed by atoms with Crippen LogP contribution in [0.3, 0.4) is 0 Å². The highest BCUT2D eigenvalue weighted by molar-refractivity contribution is 5.84. The van der Waals surface area contributed by atoms with Crippen molar-refractivity contribution in [2.75, 3.05) is 0 Å². The van der Waals surface area contributed by atoms with Crippen molar-refractivity contribution in [1.82, 2.24) is 0 Å². The molecule has 1 aliphatic rings. The summed E-state index contributed by atoms with van der Waals surface area (Å²) in [6.07, 6.45) is 5.02. The van der Waals surface area contributed by atoms with Crippen LogP contribution in [-0.2, 0) is 0 Å². The van der Waals surface area contributed by atoms with Gasteiger partial charge in [0.2, 0.25) is 5.67 Å². The molecule has 0 aliphatic heterocycles. The maximum Gasteiger partial charge on any atom is 0.202 e. The third-order valence-electron chi connectivity index (χ3n) is 5.22. The van der Waals surface area contributed by atoms with Crippen LogP contribution in [0.2, 0.25) is 0 Å². The Morgan fingerprint density at radius 2 is 1.89 bits per heavy atom. The van der Waals surface area contributed by atoms with Crippen molar-refractivity contribution in [3.05, 3.63) is 59.7 Å². The number of halogens is 4. The third-order valence-corrected chi connectivity index (χ3v) is 5.22. The van der Waals surface area contributed by atoms with E-state index in [0.717, 1.165) is 25.0 Å². The fourth-order valence-electron chi connectivity index (χ4n) is 3.57. The second kappa shape index (κ2) is 8.17. The molecule has 2 aromatic carbocycles. The van der Waals surface area contributed by atoms with Gasteiger partial charge in [-0.25, -0.2) is 17.6 Å². The van der Waals surface area contributed by atoms with Crippen molar-refractivity contribution >= 4 is 10.8 Å². The number of rotatable bonds is 3. The lowest BCUT2D eigenvalue weighted by Crippen LogP contribution is -2.39. The van der Waals surface area contributed by atoms with E-state index >= 15 is 0 Å². The zero-order chi connectivity index (χ0) is 19.4. The standard InChI is InChI=1S/C23H22F4/c1-2-3-4-5-16-8-10-23(27,22(26)13-16)11-9-17-6-7-18-14-20(24)21(25)15-19(18)12-17/h2-3,6-7,12,14-16,22H,4-5,8,10,13H2,1H3/b3-2+. The number of allylic oxidation sites excluding steroid dienone is 2. The van der Waals surface area contributed by atoms with Gasteiger partial charge in [0.25, 0.3) is 0 Å². The zero-order valence-corrected chi connectivity index (χ0v) is 15.2. The van der Waals surface area contributed by atoms with E-state index < -0.39 is 23.5 Å². The van der Waals surface area contributed by atoms with Crippen molar-refractivity contribution < 1.29 is 17.6 Å². The first kappa shape index (κ1) is 19.5. The van der Waals surface area contributed by atoms with Crippen LogP contribution in [-0.4, -0.2) is 11.8 Å². The maximum absolute atomic E-state index is 15.0. The molecule has 3 atom stereocenters. The quantitative estimate of drug-likeness (QED) is 0.320. The van der Waals surface area contributed by atoms with Crippen LogP contribution < -0.4 is 0 Å². The van der Waals surface area contributed by atoms with Gasteiger partial charge in [0.05, 0.1) is 0 Å². The van der Waals surface area contributed by atoms with Crippen LogP contribution in [0.5, 0.6) is 0 Å². The molecular weight excluding hydrogens is 352 g/mol. The number of hydrogen-bond acceptors (Lipinski definition) is 0. The molecule has 2 aromatic rings. The van der Waals surface area contributed by atoms with E-state index in [-0.39, 0.29) is 18.8 Å². The Kier molecular flexibility index (Phi) is 5.89. The summed E-state index contributed by atoms with van der Waals surface area (Å²) in [6, 6.07) is 6.94. The third kappa shape index (κ3) is 4.53. The lowest BCUT2D eigenvalue weighted by molar-refractivity contribution is 0.0365. The monoisotopic (exact) mass is 374 g/mol. The first-order valence-electron chi connectivity index (χ1n) is 9.27. The number of hydrogen-bond donors (Lipinski definition) is 0. The molecule has 4 heteroatoms. The van der Waals surface area contributed by atoms with Crippen molar-refractivity contribution in [3.63, 3.8) is 0 Å². The molecule has 142 valence electrons. The van der Waals surface area contributed by atoms with Gasteiger partial charge in [-0.3, -0.25) is 0 Å². The summed E-state index contributed by atoms with van der Waals surface area (Å²) in [5.74, 6) is 3.47. The summed E-state index contributed by atoms with van der Waals surface area (Å²) in [7, 11) is 0. The van der Waals surface area contributed by atoms with Crippen LogP contribution in [0.1, 0.15) is 44.6 Å². The van der Waals surface area contributed by atoms with Gasteiger partial charge in [-0.2, -0.15) is 0 Å². The number of fused-ring (bicyclic) bond motifs is 1. The first-order valence-corrected chi connectivity index (χ1v) is 9.27. The SMILES string of the molecule is C/C=C/CCC1CCC(F)(C#Cc2ccc3cc(F)c(F)cc3c2)C(F)C1. The molecule has 0 aromatic heterocycles. The van der Waals surface area contributed by atoms with E-state index in [1.54, 1.807) is 18.2 Å². The summed E-state index contributed by atoms with van der Waals surface area (Å²) in [6.45, 7) is 1.94. The maximum atomic E-state index is 15.0. The van der Waals surface area contributed by atoms with E-state index in [9.17, 15) is 17.6 Å². The van der Waals surface area contributed by atoms with Crippen LogP contribution in [0.15, 0.2) is 42.5 Å². The largest absolute Gasteiger partial charge is 0.243 e. The molecule has 27 heavy (non-hydrogen) atoms. The molecular formula is C23H22F4. The van der Waals surface area contributed by atoms with Gasteiger partial charge in [-0.15, -0.1) is 0 Å². The van der Waals surface area contributed by atoms with Crippen molar-refractivity contribution in [2.24, 2.45) is 5.92 Å². The molecule has 1 fully saturated rings. The van der Waals surface area contributed by atoms with E-state index in [1.165, 1.54) is 0 Å². The van der Waals surface area contributed by atoms with Gasteiger partial charge in [0.1, 0.15) is 6.17 Å². The molecule has 1 saturated carbocycles. The van der Waals surface area contributed by atoms with Crippen LogP contribution in [0.4, 0.5) is 17.6 Å². The summed E-state index contributed by atoms with van der Waals surface area (Å²) in [5, 5.41) is 0.998. The Labute approximate surface area is 157 Å². The Balaban J connectivity index is 1.74. The summed E-state index contributed by atoms with van der Waals surface area (Å²) >= 11 is 0. The minimum atomic E-state index is -2.15. The minimum absolute atomic E-state index is 0.0785. The van der Waals surface area contributed by atoms with Crippen molar-refractivity contribution in [2.45, 2.75) is 50.9 Å². The topological polar surface area (TPSA) is 0 Å². The van der Waals surface area contributed by atoms with E-state index in [2.05, 4.69) is 11.8 Å². The highest BCUT2D eigenvalue weighted by Crippen LogP contribution is 2.39. The fraction of sp³-hybridized carbons (Fsp3) is 0.391. The molecule has 1 aliphatic carbocycles. The summed E-state index contributed by atoms with van der Waals surface area (Å²) in [4.78, 5) is 0. The normalized spacial score (nSPS) is 25.5. The molecule has 0 N–H and O–H groups in total. The highest BCUT2D eigenvalue weighted by atomic mass is 19.2. The van der Waals surface area contributed by atoms with Gasteiger partial charge >= 0.3 is 0 Å². The Bertz CT molecular complexity index is 906. The molecule has 0 amide bonds. The molecule has 0 nitrogen and oxygen atoms in total. The zero-order valence-electron chi connectivity index (χ0n) is 15.2. The van der Waals surface area contributed by atoms with Crippen molar-refractivity contribution in [3.8, 4) is 11.8 Å². The van der Waals surface area contributed by atoms with Gasteiger partial charge < -0.3 is 0 Å². The average Bonchev–Trinajstić information content (AvgIpc) is 2.64. The molecule has 3 rings (SSSR count). The van der Waals surface area contributed by atoms with Gasteiger partial charge in [0.15, 0.2) is 11.6 Å². The van der Waals surface area contributed by atoms with Crippen LogP contribution >= 0.6 is 0 Å². The van der Waals surface area contributed by atoms with Gasteiger partial charge in [-0.05, 0) is 80.0 Å². The lowest BCUT2D eigenvalue weighted by Gasteiger charge is -2.33. The summed E-state index contributed by atoms with van der Waals surface area (Å²) < 4.78 is 56.1. The summed E-state index contributed by atoms with van der Waals surface area (Å²) in [5.41, 5.74) is -1.70. The van der Waals surface area contributed by atoms with Crippen molar-refractivity contribution in [1.29, 1.82) is 0 Å². The molecule has 0 spiro atoms. The van der Waals surface area contributed by atoms with Crippen LogP contribution in [0, 0.1) is 29.4 Å². The molecule has 0 radical (unpaired) electrons. The second-order valence-electron chi connectivity index (χ2n) is 7.20.